The molecule has 0 saturated heterocycles. The zero-order valence-electron chi connectivity index (χ0n) is 5.30. The van der Waals surface area contributed by atoms with Crippen molar-refractivity contribution in [3.63, 3.8) is 0 Å². The summed E-state index contributed by atoms with van der Waals surface area (Å²) >= 11 is 0. The highest BCUT2D eigenvalue weighted by atomic mass is 14.7. The first-order valence-electron chi connectivity index (χ1n) is 3.54. The van der Waals surface area contributed by atoms with Crippen LogP contribution in [0, 0.1) is 17.8 Å². The first-order valence-corrected chi connectivity index (χ1v) is 3.54. The van der Waals surface area contributed by atoms with Gasteiger partial charge in [0.05, 0.1) is 0 Å². The van der Waals surface area contributed by atoms with Crippen molar-refractivity contribution in [2.75, 3.05) is 0 Å². The molecule has 3 aliphatic carbocycles. The van der Waals surface area contributed by atoms with Gasteiger partial charge in [0.1, 0.15) is 0 Å². The number of fused-ring (bicyclic) bond motifs is 1. The first kappa shape index (κ1) is 4.80. The minimum Gasteiger partial charge on any atom is -0.327 e. The van der Waals surface area contributed by atoms with Crippen molar-refractivity contribution in [1.82, 2.24) is 0 Å². The molecule has 46 valence electrons. The van der Waals surface area contributed by atoms with E-state index in [1.165, 1.54) is 12.8 Å². The lowest BCUT2D eigenvalue weighted by atomic mass is 9.73. The molecule has 1 nitrogen and oxygen atoms in total. The van der Waals surface area contributed by atoms with Gasteiger partial charge in [-0.05, 0) is 30.6 Å². The fourth-order valence-corrected chi connectivity index (χ4v) is 2.33. The summed E-state index contributed by atoms with van der Waals surface area (Å²) in [5.41, 5.74) is 5.81. The Morgan fingerprint density at radius 1 is 1.38 bits per heavy atom. The highest BCUT2D eigenvalue weighted by Gasteiger charge is 2.48. The molecule has 1 heteroatoms. The van der Waals surface area contributed by atoms with E-state index in [0.29, 0.717) is 6.04 Å². The molecule has 2 bridgehead atoms. The summed E-state index contributed by atoms with van der Waals surface area (Å²) < 4.78 is 0. The molecule has 0 amide bonds. The van der Waals surface area contributed by atoms with Gasteiger partial charge < -0.3 is 5.73 Å². The van der Waals surface area contributed by atoms with Gasteiger partial charge in [-0.1, -0.05) is 6.92 Å². The van der Waals surface area contributed by atoms with Crippen LogP contribution in [0.2, 0.25) is 0 Å². The maximum Gasteiger partial charge on any atom is 0.00726 e. The van der Waals surface area contributed by atoms with E-state index in [1.807, 2.05) is 0 Å². The van der Waals surface area contributed by atoms with Crippen LogP contribution in [0.3, 0.4) is 0 Å². The molecule has 0 unspecified atom stereocenters. The lowest BCUT2D eigenvalue weighted by molar-refractivity contribution is 0.172. The van der Waals surface area contributed by atoms with Crippen molar-refractivity contribution in [3.8, 4) is 0 Å². The highest BCUT2D eigenvalue weighted by molar-refractivity contribution is 5.01. The fraction of sp³-hybridized carbons (Fsp3) is 1.00. The van der Waals surface area contributed by atoms with E-state index in [2.05, 4.69) is 6.92 Å². The van der Waals surface area contributed by atoms with Gasteiger partial charge in [0, 0.05) is 6.04 Å². The summed E-state index contributed by atoms with van der Waals surface area (Å²) in [5, 5.41) is 0. The molecule has 0 heterocycles. The predicted molar refractivity (Wildman–Crippen MR) is 33.4 cm³/mol. The van der Waals surface area contributed by atoms with Crippen LogP contribution in [0.5, 0.6) is 0 Å². The van der Waals surface area contributed by atoms with Crippen molar-refractivity contribution in [2.45, 2.75) is 25.8 Å². The Bertz CT molecular complexity index is 107. The smallest absolute Gasteiger partial charge is 0.00726 e. The van der Waals surface area contributed by atoms with Crippen LogP contribution in [-0.2, 0) is 0 Å². The average molecular weight is 111 g/mol. The standard InChI is InChI=1S/C7H13N/c1-4-5-2-6(4)7(8)3-5/h4-7H,2-3,8H2,1H3/t4-,5+,6+,7+/m1/s1. The van der Waals surface area contributed by atoms with Crippen molar-refractivity contribution in [1.29, 1.82) is 0 Å². The molecular weight excluding hydrogens is 98.1 g/mol. The number of rotatable bonds is 0. The van der Waals surface area contributed by atoms with Gasteiger partial charge in [0.15, 0.2) is 0 Å². The monoisotopic (exact) mass is 111 g/mol. The third-order valence-electron chi connectivity index (χ3n) is 3.12. The van der Waals surface area contributed by atoms with E-state index in [9.17, 15) is 0 Å². The largest absolute Gasteiger partial charge is 0.327 e. The molecule has 0 aromatic rings. The summed E-state index contributed by atoms with van der Waals surface area (Å²) in [5.74, 6) is 2.87. The molecule has 3 fully saturated rings. The minimum absolute atomic E-state index is 0.565. The van der Waals surface area contributed by atoms with E-state index < -0.39 is 0 Å². The lowest BCUT2D eigenvalue weighted by Gasteiger charge is -2.32. The molecule has 2 N–H and O–H groups in total. The predicted octanol–water partition coefficient (Wildman–Crippen LogP) is 0.990. The van der Waals surface area contributed by atoms with Gasteiger partial charge in [-0.2, -0.15) is 0 Å². The summed E-state index contributed by atoms with van der Waals surface area (Å²) in [4.78, 5) is 0. The normalized spacial score (nSPS) is 60.8. The van der Waals surface area contributed by atoms with Crippen LogP contribution in [0.25, 0.3) is 0 Å². The van der Waals surface area contributed by atoms with Crippen molar-refractivity contribution in [2.24, 2.45) is 23.5 Å². The van der Waals surface area contributed by atoms with E-state index in [1.54, 1.807) is 0 Å². The third-order valence-corrected chi connectivity index (χ3v) is 3.12. The molecule has 8 heavy (non-hydrogen) atoms. The minimum atomic E-state index is 0.565. The Morgan fingerprint density at radius 2 is 2.12 bits per heavy atom. The van der Waals surface area contributed by atoms with Gasteiger partial charge >= 0.3 is 0 Å². The van der Waals surface area contributed by atoms with Gasteiger partial charge in [-0.3, -0.25) is 0 Å². The maximum atomic E-state index is 5.81. The lowest BCUT2D eigenvalue weighted by Crippen LogP contribution is -2.31. The second kappa shape index (κ2) is 1.27. The summed E-state index contributed by atoms with van der Waals surface area (Å²) in [6, 6.07) is 0.565. The van der Waals surface area contributed by atoms with Crippen LogP contribution in [0.1, 0.15) is 19.8 Å². The molecule has 0 aromatic heterocycles. The molecule has 0 aromatic carbocycles. The summed E-state index contributed by atoms with van der Waals surface area (Å²) in [7, 11) is 0. The number of hydrogen-bond donors (Lipinski definition) is 1. The Kier molecular flexibility index (Phi) is 0.762. The topological polar surface area (TPSA) is 26.0 Å². The van der Waals surface area contributed by atoms with Gasteiger partial charge in [-0.15, -0.1) is 0 Å². The number of nitrogens with two attached hydrogens (primary N) is 1. The molecule has 0 aliphatic heterocycles. The molecule has 3 rings (SSSR count). The van der Waals surface area contributed by atoms with E-state index in [4.69, 9.17) is 5.73 Å². The maximum absolute atomic E-state index is 5.81. The molecular formula is C7H13N. The summed E-state index contributed by atoms with van der Waals surface area (Å²) in [6.07, 6.45) is 2.74. The zero-order valence-corrected chi connectivity index (χ0v) is 5.30. The van der Waals surface area contributed by atoms with Crippen molar-refractivity contribution >= 4 is 0 Å². The van der Waals surface area contributed by atoms with E-state index in [-0.39, 0.29) is 0 Å². The van der Waals surface area contributed by atoms with Crippen LogP contribution in [0.4, 0.5) is 0 Å². The molecule has 3 aliphatic rings. The first-order chi connectivity index (χ1) is 3.79. The van der Waals surface area contributed by atoms with Crippen LogP contribution >= 0.6 is 0 Å². The average Bonchev–Trinajstić information content (AvgIpc) is 2.19. The Labute approximate surface area is 50.3 Å². The SMILES string of the molecule is C[C@@H]1[C@H]2C[C@@H]1[C@@H](N)C2. The third kappa shape index (κ3) is 0.368. The molecule has 0 radical (unpaired) electrons. The molecule has 4 atom stereocenters. The second-order valence-corrected chi connectivity index (χ2v) is 3.42. The Hall–Kier alpha value is -0.0400. The van der Waals surface area contributed by atoms with Gasteiger partial charge in [0.25, 0.3) is 0 Å². The fourth-order valence-electron chi connectivity index (χ4n) is 2.33. The second-order valence-electron chi connectivity index (χ2n) is 3.42. The molecule has 0 spiro atoms. The molecule has 3 saturated carbocycles. The van der Waals surface area contributed by atoms with Crippen LogP contribution < -0.4 is 5.73 Å². The Morgan fingerprint density at radius 3 is 2.25 bits per heavy atom. The van der Waals surface area contributed by atoms with Gasteiger partial charge in [-0.25, -0.2) is 0 Å². The summed E-state index contributed by atoms with van der Waals surface area (Å²) in [6.45, 7) is 2.34. The van der Waals surface area contributed by atoms with Crippen molar-refractivity contribution < 1.29 is 0 Å². The van der Waals surface area contributed by atoms with Crippen LogP contribution in [-0.4, -0.2) is 6.04 Å². The quantitative estimate of drug-likeness (QED) is 0.495. The number of hydrogen-bond acceptors (Lipinski definition) is 1. The highest BCUT2D eigenvalue weighted by Crippen LogP contribution is 2.52. The Balaban J connectivity index is 2.13. The van der Waals surface area contributed by atoms with Crippen LogP contribution in [0.15, 0.2) is 0 Å². The van der Waals surface area contributed by atoms with E-state index >= 15 is 0 Å². The van der Waals surface area contributed by atoms with Crippen molar-refractivity contribution in [3.05, 3.63) is 0 Å². The van der Waals surface area contributed by atoms with Gasteiger partial charge in [0.2, 0.25) is 0 Å². The van der Waals surface area contributed by atoms with E-state index in [0.717, 1.165) is 17.8 Å². The zero-order chi connectivity index (χ0) is 5.72.